The molecule has 0 bridgehead atoms. The summed E-state index contributed by atoms with van der Waals surface area (Å²) >= 11 is 0. The van der Waals surface area contributed by atoms with Crippen LogP contribution in [0, 0.1) is 0 Å². The highest BCUT2D eigenvalue weighted by molar-refractivity contribution is 5.35. The molecule has 7 heteroatoms. The van der Waals surface area contributed by atoms with Crippen LogP contribution in [0.2, 0.25) is 0 Å². The molecule has 0 saturated heterocycles. The summed E-state index contributed by atoms with van der Waals surface area (Å²) in [4.78, 5) is 0. The Bertz CT molecular complexity index is 277. The van der Waals surface area contributed by atoms with Crippen LogP contribution in [0.5, 0.6) is 0 Å². The molecule has 1 aromatic rings. The summed E-state index contributed by atoms with van der Waals surface area (Å²) in [6.45, 7) is 0. The third kappa shape index (κ3) is 10.7. The summed E-state index contributed by atoms with van der Waals surface area (Å²) < 4.78 is 65.0. The van der Waals surface area contributed by atoms with Gasteiger partial charge >= 0.3 is 12.4 Å². The van der Waals surface area contributed by atoms with Gasteiger partial charge in [0.1, 0.15) is 6.42 Å². The first-order chi connectivity index (χ1) is 7.10. The molecule has 0 aliphatic heterocycles. The molecular formula is C9H9F6N. The number of alkyl halides is 6. The lowest BCUT2D eigenvalue weighted by molar-refractivity contribution is -0.232. The summed E-state index contributed by atoms with van der Waals surface area (Å²) in [5, 5.41) is 0. The Hall–Kier alpha value is -1.40. The molecule has 0 unspecified atom stereocenters. The van der Waals surface area contributed by atoms with Gasteiger partial charge in [-0.25, -0.2) is 0 Å². The van der Waals surface area contributed by atoms with Crippen molar-refractivity contribution in [3.05, 3.63) is 30.3 Å². The third-order valence-corrected chi connectivity index (χ3v) is 1.20. The fourth-order valence-electron chi connectivity index (χ4n) is 0.680. The standard InChI is InChI=1S/C6H7N.C3H2F6/c7-6-4-2-1-3-5-6;4-2(5,6)1-3(7,8)9/h1-5H,7H2;1H2. The third-order valence-electron chi connectivity index (χ3n) is 1.20. The number of nitrogens with two attached hydrogens (primary N) is 1. The molecule has 0 saturated carbocycles. The van der Waals surface area contributed by atoms with Crippen LogP contribution in [0.25, 0.3) is 0 Å². The molecule has 0 fully saturated rings. The van der Waals surface area contributed by atoms with Crippen molar-refractivity contribution in [1.82, 2.24) is 0 Å². The second-order valence-electron chi connectivity index (χ2n) is 2.82. The zero-order valence-electron chi connectivity index (χ0n) is 7.94. The Kier molecular flexibility index (Phi) is 5.13. The van der Waals surface area contributed by atoms with E-state index in [-0.39, 0.29) is 0 Å². The summed E-state index contributed by atoms with van der Waals surface area (Å²) in [7, 11) is 0. The van der Waals surface area contributed by atoms with Gasteiger partial charge in [0.05, 0.1) is 0 Å². The van der Waals surface area contributed by atoms with Crippen LogP contribution >= 0.6 is 0 Å². The molecule has 1 nitrogen and oxygen atoms in total. The summed E-state index contributed by atoms with van der Waals surface area (Å²) in [6.07, 6.45) is -13.0. The maximum absolute atomic E-state index is 10.8. The number of para-hydroxylation sites is 1. The van der Waals surface area contributed by atoms with Gasteiger partial charge in [-0.05, 0) is 12.1 Å². The minimum absolute atomic E-state index is 0.822. The first-order valence-corrected chi connectivity index (χ1v) is 4.04. The van der Waals surface area contributed by atoms with Crippen LogP contribution in [0.3, 0.4) is 0 Å². The largest absolute Gasteiger partial charge is 0.399 e. The Morgan fingerprint density at radius 1 is 0.812 bits per heavy atom. The van der Waals surface area contributed by atoms with Gasteiger partial charge in [-0.2, -0.15) is 26.3 Å². The molecule has 0 aliphatic carbocycles. The highest BCUT2D eigenvalue weighted by Crippen LogP contribution is 2.31. The van der Waals surface area contributed by atoms with Crippen molar-refractivity contribution in [2.45, 2.75) is 18.8 Å². The van der Waals surface area contributed by atoms with E-state index in [1.807, 2.05) is 30.3 Å². The number of benzene rings is 1. The van der Waals surface area contributed by atoms with Crippen LogP contribution in [0.4, 0.5) is 32.0 Å². The van der Waals surface area contributed by atoms with E-state index in [9.17, 15) is 26.3 Å². The number of anilines is 1. The number of rotatable bonds is 0. The van der Waals surface area contributed by atoms with Crippen LogP contribution in [0.15, 0.2) is 30.3 Å². The number of hydrogen-bond acceptors (Lipinski definition) is 1. The lowest BCUT2D eigenvalue weighted by Gasteiger charge is -2.08. The lowest BCUT2D eigenvalue weighted by atomic mass is 10.3. The van der Waals surface area contributed by atoms with Crippen LogP contribution in [-0.4, -0.2) is 12.4 Å². The zero-order chi connectivity index (χ0) is 12.8. The number of nitrogen functional groups attached to an aromatic ring is 1. The van der Waals surface area contributed by atoms with E-state index in [1.54, 1.807) is 0 Å². The Morgan fingerprint density at radius 3 is 1.31 bits per heavy atom. The van der Waals surface area contributed by atoms with E-state index in [2.05, 4.69) is 0 Å². The Morgan fingerprint density at radius 2 is 1.19 bits per heavy atom. The average Bonchev–Trinajstić information content (AvgIpc) is 1.99. The first-order valence-electron chi connectivity index (χ1n) is 4.04. The Balaban J connectivity index is 0.000000288. The Labute approximate surface area is 87.9 Å². The van der Waals surface area contributed by atoms with Gasteiger partial charge < -0.3 is 5.73 Å². The predicted octanol–water partition coefficient (Wildman–Crippen LogP) is 3.77. The van der Waals surface area contributed by atoms with Gasteiger partial charge in [-0.1, -0.05) is 18.2 Å². The molecule has 0 aliphatic rings. The van der Waals surface area contributed by atoms with Crippen LogP contribution in [-0.2, 0) is 0 Å². The molecule has 0 radical (unpaired) electrons. The van der Waals surface area contributed by atoms with Gasteiger partial charge in [-0.15, -0.1) is 0 Å². The van der Waals surface area contributed by atoms with Gasteiger partial charge in [-0.3, -0.25) is 0 Å². The van der Waals surface area contributed by atoms with Crippen molar-refractivity contribution in [2.24, 2.45) is 0 Å². The highest BCUT2D eigenvalue weighted by Gasteiger charge is 2.43. The molecular weight excluding hydrogens is 236 g/mol. The topological polar surface area (TPSA) is 26.0 Å². The fourth-order valence-corrected chi connectivity index (χ4v) is 0.680. The molecule has 2 N–H and O–H groups in total. The van der Waals surface area contributed by atoms with Crippen molar-refractivity contribution in [3.8, 4) is 0 Å². The van der Waals surface area contributed by atoms with Crippen molar-refractivity contribution in [3.63, 3.8) is 0 Å². The van der Waals surface area contributed by atoms with E-state index in [4.69, 9.17) is 5.73 Å². The molecule has 0 heterocycles. The van der Waals surface area contributed by atoms with Crippen molar-refractivity contribution >= 4 is 5.69 Å². The van der Waals surface area contributed by atoms with Crippen molar-refractivity contribution < 1.29 is 26.3 Å². The van der Waals surface area contributed by atoms with E-state index >= 15 is 0 Å². The molecule has 0 atom stereocenters. The predicted molar refractivity (Wildman–Crippen MR) is 47.6 cm³/mol. The quantitative estimate of drug-likeness (QED) is 0.546. The van der Waals surface area contributed by atoms with Crippen molar-refractivity contribution in [1.29, 1.82) is 0 Å². The van der Waals surface area contributed by atoms with Crippen LogP contribution < -0.4 is 5.73 Å². The molecule has 0 spiro atoms. The lowest BCUT2D eigenvalue weighted by Crippen LogP contribution is -2.20. The second kappa shape index (κ2) is 5.62. The summed E-state index contributed by atoms with van der Waals surface area (Å²) in [5.74, 6) is 0. The SMILES string of the molecule is FC(F)(F)CC(F)(F)F.Nc1ccccc1. The normalized spacial score (nSPS) is 11.6. The molecule has 1 rings (SSSR count). The highest BCUT2D eigenvalue weighted by atomic mass is 19.4. The van der Waals surface area contributed by atoms with Gasteiger partial charge in [0.25, 0.3) is 0 Å². The fraction of sp³-hybridized carbons (Fsp3) is 0.333. The van der Waals surface area contributed by atoms with E-state index < -0.39 is 18.8 Å². The molecule has 1 aromatic carbocycles. The van der Waals surface area contributed by atoms with Crippen LogP contribution in [0.1, 0.15) is 6.42 Å². The molecule has 0 amide bonds. The van der Waals surface area contributed by atoms with Crippen molar-refractivity contribution in [2.75, 3.05) is 5.73 Å². The van der Waals surface area contributed by atoms with E-state index in [0.717, 1.165) is 5.69 Å². The zero-order valence-corrected chi connectivity index (χ0v) is 7.94. The van der Waals surface area contributed by atoms with Gasteiger partial charge in [0, 0.05) is 5.69 Å². The molecule has 92 valence electrons. The van der Waals surface area contributed by atoms with E-state index in [1.165, 1.54) is 0 Å². The second-order valence-corrected chi connectivity index (χ2v) is 2.82. The van der Waals surface area contributed by atoms with Gasteiger partial charge in [0.2, 0.25) is 0 Å². The maximum atomic E-state index is 10.8. The number of halogens is 6. The monoisotopic (exact) mass is 245 g/mol. The maximum Gasteiger partial charge on any atom is 0.397 e. The first kappa shape index (κ1) is 14.6. The summed E-state index contributed by atoms with van der Waals surface area (Å²) in [6, 6.07) is 9.49. The minimum atomic E-state index is -5.14. The minimum Gasteiger partial charge on any atom is -0.399 e. The average molecular weight is 245 g/mol. The molecule has 0 aromatic heterocycles. The molecule has 16 heavy (non-hydrogen) atoms. The summed E-state index contributed by atoms with van der Waals surface area (Å²) in [5.41, 5.74) is 6.18. The van der Waals surface area contributed by atoms with Gasteiger partial charge in [0.15, 0.2) is 0 Å². The van der Waals surface area contributed by atoms with E-state index in [0.29, 0.717) is 0 Å². The smallest absolute Gasteiger partial charge is 0.397 e. The number of hydrogen-bond donors (Lipinski definition) is 1.